The van der Waals surface area contributed by atoms with Crippen LogP contribution in [-0.2, 0) is 6.42 Å². The number of nitrogens with one attached hydrogen (secondary N) is 2. The first-order chi connectivity index (χ1) is 11.2. The molecule has 0 radical (unpaired) electrons. The van der Waals surface area contributed by atoms with Gasteiger partial charge in [-0.1, -0.05) is 35.9 Å². The molecule has 0 fully saturated rings. The van der Waals surface area contributed by atoms with Crippen molar-refractivity contribution in [2.24, 2.45) is 4.99 Å². The summed E-state index contributed by atoms with van der Waals surface area (Å²) in [6.07, 6.45) is 0.242. The number of nitrogens with zero attached hydrogens (tertiary/aromatic N) is 1. The molecule has 7 heteroatoms. The van der Waals surface area contributed by atoms with Crippen LogP contribution in [0.4, 0.5) is 0 Å². The molecular weight excluding hydrogens is 457 g/mol. The lowest BCUT2D eigenvalue weighted by Crippen LogP contribution is -2.38. The second kappa shape index (κ2) is 11.7. The SMILES string of the molecule is CCNC(=NCC(O)c1ccccc1Cl)NCCc1cccs1.I. The maximum absolute atomic E-state index is 10.2. The van der Waals surface area contributed by atoms with Crippen LogP contribution in [0.15, 0.2) is 46.8 Å². The van der Waals surface area contributed by atoms with Crippen LogP contribution in [0, 0.1) is 0 Å². The number of halogens is 2. The number of hydrogen-bond donors (Lipinski definition) is 3. The van der Waals surface area contributed by atoms with Crippen LogP contribution >= 0.6 is 46.9 Å². The molecule has 0 amide bonds. The molecule has 1 aromatic heterocycles. The van der Waals surface area contributed by atoms with Gasteiger partial charge in [0.05, 0.1) is 6.54 Å². The Kier molecular flexibility index (Phi) is 10.3. The number of aliphatic hydroxyl groups excluding tert-OH is 1. The highest BCUT2D eigenvalue weighted by molar-refractivity contribution is 14.0. The van der Waals surface area contributed by atoms with E-state index in [1.54, 1.807) is 17.4 Å². The molecule has 3 N–H and O–H groups in total. The van der Waals surface area contributed by atoms with Gasteiger partial charge in [-0.3, -0.25) is 4.99 Å². The molecule has 24 heavy (non-hydrogen) atoms. The Morgan fingerprint density at radius 2 is 2.04 bits per heavy atom. The first-order valence-electron chi connectivity index (χ1n) is 7.67. The Morgan fingerprint density at radius 1 is 1.25 bits per heavy atom. The van der Waals surface area contributed by atoms with E-state index < -0.39 is 6.10 Å². The van der Waals surface area contributed by atoms with Crippen LogP contribution in [0.2, 0.25) is 5.02 Å². The van der Waals surface area contributed by atoms with Gasteiger partial charge in [0, 0.05) is 28.6 Å². The van der Waals surface area contributed by atoms with E-state index in [1.165, 1.54) is 4.88 Å². The van der Waals surface area contributed by atoms with Crippen LogP contribution in [0.3, 0.4) is 0 Å². The molecule has 1 aromatic carbocycles. The summed E-state index contributed by atoms with van der Waals surface area (Å²) in [4.78, 5) is 5.78. The first kappa shape index (κ1) is 21.2. The first-order valence-corrected chi connectivity index (χ1v) is 8.93. The Labute approximate surface area is 169 Å². The van der Waals surface area contributed by atoms with Crippen molar-refractivity contribution in [1.82, 2.24) is 10.6 Å². The lowest BCUT2D eigenvalue weighted by atomic mass is 10.1. The van der Waals surface area contributed by atoms with Crippen molar-refractivity contribution < 1.29 is 5.11 Å². The highest BCUT2D eigenvalue weighted by Crippen LogP contribution is 2.22. The van der Waals surface area contributed by atoms with Gasteiger partial charge in [0.15, 0.2) is 5.96 Å². The Bertz CT molecular complexity index is 622. The molecule has 2 aromatic rings. The monoisotopic (exact) mass is 479 g/mol. The summed E-state index contributed by atoms with van der Waals surface area (Å²) >= 11 is 7.85. The highest BCUT2D eigenvalue weighted by Gasteiger charge is 2.10. The molecule has 0 saturated carbocycles. The summed E-state index contributed by atoms with van der Waals surface area (Å²) in [5.41, 5.74) is 0.701. The van der Waals surface area contributed by atoms with Crippen LogP contribution < -0.4 is 10.6 Å². The normalized spacial score (nSPS) is 12.4. The fourth-order valence-electron chi connectivity index (χ4n) is 2.12. The predicted molar refractivity (Wildman–Crippen MR) is 114 cm³/mol. The van der Waals surface area contributed by atoms with Gasteiger partial charge in [-0.05, 0) is 30.9 Å². The number of aliphatic hydroxyl groups is 1. The van der Waals surface area contributed by atoms with E-state index in [0.29, 0.717) is 16.5 Å². The van der Waals surface area contributed by atoms with Gasteiger partial charge in [0.1, 0.15) is 6.10 Å². The van der Waals surface area contributed by atoms with Crippen molar-refractivity contribution in [2.45, 2.75) is 19.4 Å². The van der Waals surface area contributed by atoms with Crippen molar-refractivity contribution in [1.29, 1.82) is 0 Å². The maximum Gasteiger partial charge on any atom is 0.191 e. The third-order valence-electron chi connectivity index (χ3n) is 3.27. The van der Waals surface area contributed by atoms with Crippen molar-refractivity contribution in [3.05, 3.63) is 57.2 Å². The minimum Gasteiger partial charge on any atom is -0.386 e. The molecule has 0 aliphatic carbocycles. The van der Waals surface area contributed by atoms with Gasteiger partial charge in [0.25, 0.3) is 0 Å². The van der Waals surface area contributed by atoms with E-state index in [1.807, 2.05) is 25.1 Å². The lowest BCUT2D eigenvalue weighted by molar-refractivity contribution is 0.187. The number of hydrogen-bond acceptors (Lipinski definition) is 3. The van der Waals surface area contributed by atoms with Crippen LogP contribution in [0.5, 0.6) is 0 Å². The third kappa shape index (κ3) is 6.96. The molecule has 1 atom stereocenters. The summed E-state index contributed by atoms with van der Waals surface area (Å²) in [5.74, 6) is 0.704. The minimum atomic E-state index is -0.712. The van der Waals surface area contributed by atoms with Gasteiger partial charge in [-0.15, -0.1) is 35.3 Å². The van der Waals surface area contributed by atoms with Gasteiger partial charge >= 0.3 is 0 Å². The number of rotatable bonds is 7. The third-order valence-corrected chi connectivity index (χ3v) is 4.56. The van der Waals surface area contributed by atoms with E-state index in [4.69, 9.17) is 11.6 Å². The molecule has 132 valence electrons. The summed E-state index contributed by atoms with van der Waals surface area (Å²) in [6, 6.07) is 11.5. The largest absolute Gasteiger partial charge is 0.386 e. The molecule has 0 spiro atoms. The van der Waals surface area contributed by atoms with Crippen LogP contribution in [-0.4, -0.2) is 30.7 Å². The van der Waals surface area contributed by atoms with Crippen molar-refractivity contribution in [3.63, 3.8) is 0 Å². The predicted octanol–water partition coefficient (Wildman–Crippen LogP) is 3.85. The van der Waals surface area contributed by atoms with E-state index in [-0.39, 0.29) is 30.5 Å². The fourth-order valence-corrected chi connectivity index (χ4v) is 3.09. The van der Waals surface area contributed by atoms with E-state index in [9.17, 15) is 5.11 Å². The quantitative estimate of drug-likeness (QED) is 0.321. The Morgan fingerprint density at radius 3 is 2.71 bits per heavy atom. The summed E-state index contributed by atoms with van der Waals surface area (Å²) in [7, 11) is 0. The smallest absolute Gasteiger partial charge is 0.191 e. The number of aliphatic imine (C=N–C) groups is 1. The molecule has 1 unspecified atom stereocenters. The zero-order chi connectivity index (χ0) is 16.5. The lowest BCUT2D eigenvalue weighted by Gasteiger charge is -2.14. The van der Waals surface area contributed by atoms with Gasteiger partial charge in [-0.2, -0.15) is 0 Å². The van der Waals surface area contributed by atoms with Crippen LogP contribution in [0.25, 0.3) is 0 Å². The zero-order valence-electron chi connectivity index (χ0n) is 13.5. The van der Waals surface area contributed by atoms with E-state index in [2.05, 4.69) is 33.1 Å². The van der Waals surface area contributed by atoms with Gasteiger partial charge in [-0.25, -0.2) is 0 Å². The van der Waals surface area contributed by atoms with E-state index >= 15 is 0 Å². The molecule has 4 nitrogen and oxygen atoms in total. The highest BCUT2D eigenvalue weighted by atomic mass is 127. The summed E-state index contributed by atoms with van der Waals surface area (Å²) in [6.45, 7) is 3.85. The Balaban J connectivity index is 0.00000288. The van der Waals surface area contributed by atoms with E-state index in [0.717, 1.165) is 19.5 Å². The molecule has 1 heterocycles. The molecular formula is C17H23ClIN3OS. The topological polar surface area (TPSA) is 56.7 Å². The summed E-state index contributed by atoms with van der Waals surface area (Å²) in [5, 5.41) is 19.4. The second-order valence-corrected chi connectivity index (χ2v) is 6.45. The molecule has 2 rings (SSSR count). The van der Waals surface area contributed by atoms with Crippen LogP contribution in [0.1, 0.15) is 23.5 Å². The Hall–Kier alpha value is -0.830. The zero-order valence-corrected chi connectivity index (χ0v) is 17.4. The second-order valence-electron chi connectivity index (χ2n) is 5.01. The molecule has 0 aliphatic heterocycles. The molecule has 0 saturated heterocycles. The average molecular weight is 480 g/mol. The van der Waals surface area contributed by atoms with Crippen molar-refractivity contribution in [3.8, 4) is 0 Å². The molecule has 0 aliphatic rings. The molecule has 0 bridgehead atoms. The standard InChI is InChI=1S/C17H22ClN3OS.HI/c1-2-19-17(20-10-9-13-6-5-11-23-13)21-12-16(22)14-7-3-4-8-15(14)18;/h3-8,11,16,22H,2,9-10,12H2,1H3,(H2,19,20,21);1H. The van der Waals surface area contributed by atoms with Crippen molar-refractivity contribution in [2.75, 3.05) is 19.6 Å². The van der Waals surface area contributed by atoms with Gasteiger partial charge < -0.3 is 15.7 Å². The fraction of sp³-hybridized carbons (Fsp3) is 0.353. The van der Waals surface area contributed by atoms with Crippen molar-refractivity contribution >= 4 is 52.9 Å². The number of thiophene rings is 1. The summed E-state index contributed by atoms with van der Waals surface area (Å²) < 4.78 is 0. The minimum absolute atomic E-state index is 0. The number of benzene rings is 1. The van der Waals surface area contributed by atoms with Gasteiger partial charge in [0.2, 0.25) is 0 Å². The average Bonchev–Trinajstić information content (AvgIpc) is 3.06. The maximum atomic E-state index is 10.2. The number of guanidine groups is 1.